The van der Waals surface area contributed by atoms with Gasteiger partial charge < -0.3 is 10.2 Å². The molecule has 0 amide bonds. The van der Waals surface area contributed by atoms with Crippen LogP contribution in [0.5, 0.6) is 0 Å². The Morgan fingerprint density at radius 2 is 2.31 bits per heavy atom. The van der Waals surface area contributed by atoms with Gasteiger partial charge in [0, 0.05) is 31.4 Å². The average Bonchev–Trinajstić information content (AvgIpc) is 2.14. The SMILES string of the molecule is C=CCNCC(C)N(C)CCSC. The molecule has 0 fully saturated rings. The largest absolute Gasteiger partial charge is 0.312 e. The Balaban J connectivity index is 3.43. The van der Waals surface area contributed by atoms with Gasteiger partial charge in [-0.2, -0.15) is 11.8 Å². The molecule has 0 aliphatic heterocycles. The van der Waals surface area contributed by atoms with Crippen LogP contribution in [0, 0.1) is 0 Å². The molecule has 0 heterocycles. The van der Waals surface area contributed by atoms with Crippen LogP contribution in [-0.2, 0) is 0 Å². The lowest BCUT2D eigenvalue weighted by Gasteiger charge is -2.24. The number of nitrogens with one attached hydrogen (secondary N) is 1. The first-order valence-corrected chi connectivity index (χ1v) is 6.12. The lowest BCUT2D eigenvalue weighted by Crippen LogP contribution is -2.39. The molecule has 1 atom stereocenters. The summed E-state index contributed by atoms with van der Waals surface area (Å²) in [5.41, 5.74) is 0. The molecule has 2 nitrogen and oxygen atoms in total. The molecule has 0 saturated carbocycles. The van der Waals surface area contributed by atoms with E-state index in [1.807, 2.05) is 17.8 Å². The third-order valence-electron chi connectivity index (χ3n) is 2.13. The second kappa shape index (κ2) is 8.60. The summed E-state index contributed by atoms with van der Waals surface area (Å²) >= 11 is 1.90. The Bertz CT molecular complexity index is 128. The maximum atomic E-state index is 3.67. The van der Waals surface area contributed by atoms with Crippen LogP contribution in [0.25, 0.3) is 0 Å². The molecule has 3 heteroatoms. The van der Waals surface area contributed by atoms with Crippen LogP contribution in [0.1, 0.15) is 6.92 Å². The van der Waals surface area contributed by atoms with E-state index in [1.54, 1.807) is 0 Å². The fraction of sp³-hybridized carbons (Fsp3) is 0.800. The lowest BCUT2D eigenvalue weighted by atomic mass is 10.3. The van der Waals surface area contributed by atoms with Crippen LogP contribution in [-0.4, -0.2) is 49.6 Å². The summed E-state index contributed by atoms with van der Waals surface area (Å²) in [7, 11) is 2.18. The molecule has 1 N–H and O–H groups in total. The molecule has 0 rings (SSSR count). The van der Waals surface area contributed by atoms with Crippen molar-refractivity contribution in [1.29, 1.82) is 0 Å². The van der Waals surface area contributed by atoms with Gasteiger partial charge in [0.2, 0.25) is 0 Å². The second-order valence-electron chi connectivity index (χ2n) is 3.27. The van der Waals surface area contributed by atoms with Crippen molar-refractivity contribution in [3.05, 3.63) is 12.7 Å². The summed E-state index contributed by atoms with van der Waals surface area (Å²) in [6, 6.07) is 0.604. The van der Waals surface area contributed by atoms with Crippen LogP contribution in [0.2, 0.25) is 0 Å². The zero-order chi connectivity index (χ0) is 10.1. The number of nitrogens with zero attached hydrogens (tertiary/aromatic N) is 1. The van der Waals surface area contributed by atoms with Gasteiger partial charge in [0.15, 0.2) is 0 Å². The molecule has 0 saturated heterocycles. The summed E-state index contributed by atoms with van der Waals surface area (Å²) in [5, 5.41) is 3.33. The van der Waals surface area contributed by atoms with E-state index in [1.165, 1.54) is 5.75 Å². The van der Waals surface area contributed by atoms with Crippen molar-refractivity contribution in [3.63, 3.8) is 0 Å². The molecule has 0 bridgehead atoms. The summed E-state index contributed by atoms with van der Waals surface area (Å²) in [4.78, 5) is 2.38. The molecule has 0 aromatic heterocycles. The van der Waals surface area contributed by atoms with Gasteiger partial charge in [-0.15, -0.1) is 6.58 Å². The highest BCUT2D eigenvalue weighted by Gasteiger charge is 2.06. The van der Waals surface area contributed by atoms with E-state index in [2.05, 4.69) is 37.0 Å². The van der Waals surface area contributed by atoms with Crippen molar-refractivity contribution in [2.75, 3.05) is 38.7 Å². The minimum atomic E-state index is 0.604. The van der Waals surface area contributed by atoms with E-state index >= 15 is 0 Å². The highest BCUT2D eigenvalue weighted by molar-refractivity contribution is 7.98. The molecular formula is C10H22N2S. The summed E-state index contributed by atoms with van der Waals surface area (Å²) in [5.74, 6) is 1.21. The normalized spacial score (nSPS) is 13.2. The molecule has 78 valence electrons. The van der Waals surface area contributed by atoms with Crippen LogP contribution in [0.3, 0.4) is 0 Å². The summed E-state index contributed by atoms with van der Waals surface area (Å²) < 4.78 is 0. The van der Waals surface area contributed by atoms with Gasteiger partial charge in [-0.25, -0.2) is 0 Å². The van der Waals surface area contributed by atoms with Crippen LogP contribution in [0.15, 0.2) is 12.7 Å². The predicted octanol–water partition coefficient (Wildman–Crippen LogP) is 1.45. The first-order valence-electron chi connectivity index (χ1n) is 4.73. The van der Waals surface area contributed by atoms with Crippen molar-refractivity contribution in [3.8, 4) is 0 Å². The monoisotopic (exact) mass is 202 g/mol. The Morgan fingerprint density at radius 3 is 2.85 bits per heavy atom. The highest BCUT2D eigenvalue weighted by Crippen LogP contribution is 1.97. The maximum Gasteiger partial charge on any atom is 0.0189 e. The van der Waals surface area contributed by atoms with E-state index in [-0.39, 0.29) is 0 Å². The number of thioether (sulfide) groups is 1. The lowest BCUT2D eigenvalue weighted by molar-refractivity contribution is 0.267. The van der Waals surface area contributed by atoms with Gasteiger partial charge in [-0.1, -0.05) is 6.08 Å². The molecule has 0 radical (unpaired) electrons. The molecule has 0 aromatic carbocycles. The fourth-order valence-electron chi connectivity index (χ4n) is 1.01. The average molecular weight is 202 g/mol. The molecule has 13 heavy (non-hydrogen) atoms. The molecule has 1 unspecified atom stereocenters. The fourth-order valence-corrected chi connectivity index (χ4v) is 1.48. The molecule has 0 aromatic rings. The van der Waals surface area contributed by atoms with Crippen molar-refractivity contribution < 1.29 is 0 Å². The third-order valence-corrected chi connectivity index (χ3v) is 2.72. The first kappa shape index (κ1) is 13.0. The standard InChI is InChI=1S/C10H22N2S/c1-5-6-11-9-10(2)12(3)7-8-13-4/h5,10-11H,1,6-9H2,2-4H3. The van der Waals surface area contributed by atoms with E-state index < -0.39 is 0 Å². The van der Waals surface area contributed by atoms with E-state index in [0.29, 0.717) is 6.04 Å². The second-order valence-corrected chi connectivity index (χ2v) is 4.25. The van der Waals surface area contributed by atoms with Crippen LogP contribution < -0.4 is 5.32 Å². The van der Waals surface area contributed by atoms with Crippen molar-refractivity contribution in [1.82, 2.24) is 10.2 Å². The van der Waals surface area contributed by atoms with Gasteiger partial charge >= 0.3 is 0 Å². The predicted molar refractivity (Wildman–Crippen MR) is 63.5 cm³/mol. The quantitative estimate of drug-likeness (QED) is 0.474. The van der Waals surface area contributed by atoms with Gasteiger partial charge in [-0.05, 0) is 20.2 Å². The summed E-state index contributed by atoms with van der Waals surface area (Å²) in [6.45, 7) is 9.03. The van der Waals surface area contributed by atoms with E-state index in [4.69, 9.17) is 0 Å². The topological polar surface area (TPSA) is 15.3 Å². The third kappa shape index (κ3) is 7.11. The van der Waals surface area contributed by atoms with Crippen LogP contribution >= 0.6 is 11.8 Å². The van der Waals surface area contributed by atoms with Crippen LogP contribution in [0.4, 0.5) is 0 Å². The number of likely N-dealkylation sites (N-methyl/N-ethyl adjacent to an activating group) is 1. The Kier molecular flexibility index (Phi) is 8.61. The minimum Gasteiger partial charge on any atom is -0.312 e. The van der Waals surface area contributed by atoms with Gasteiger partial charge in [0.25, 0.3) is 0 Å². The van der Waals surface area contributed by atoms with Gasteiger partial charge in [-0.3, -0.25) is 0 Å². The minimum absolute atomic E-state index is 0.604. The Morgan fingerprint density at radius 1 is 1.62 bits per heavy atom. The molecule has 0 aliphatic carbocycles. The molecule has 0 spiro atoms. The number of hydrogen-bond acceptors (Lipinski definition) is 3. The first-order chi connectivity index (χ1) is 6.22. The zero-order valence-corrected chi connectivity index (χ0v) is 9.86. The summed E-state index contributed by atoms with van der Waals surface area (Å²) in [6.07, 6.45) is 4.04. The van der Waals surface area contributed by atoms with E-state index in [9.17, 15) is 0 Å². The number of rotatable bonds is 8. The smallest absolute Gasteiger partial charge is 0.0189 e. The highest BCUT2D eigenvalue weighted by atomic mass is 32.2. The van der Waals surface area contributed by atoms with Crippen molar-refractivity contribution in [2.45, 2.75) is 13.0 Å². The maximum absolute atomic E-state index is 3.67. The molecule has 0 aliphatic rings. The van der Waals surface area contributed by atoms with Gasteiger partial charge in [0.1, 0.15) is 0 Å². The van der Waals surface area contributed by atoms with E-state index in [0.717, 1.165) is 19.6 Å². The van der Waals surface area contributed by atoms with Gasteiger partial charge in [0.05, 0.1) is 0 Å². The Hall–Kier alpha value is 0.0100. The van der Waals surface area contributed by atoms with Crippen molar-refractivity contribution in [2.24, 2.45) is 0 Å². The molecular weight excluding hydrogens is 180 g/mol. The Labute approximate surface area is 86.8 Å². The van der Waals surface area contributed by atoms with Crippen molar-refractivity contribution >= 4 is 11.8 Å². The number of hydrogen-bond donors (Lipinski definition) is 1. The zero-order valence-electron chi connectivity index (χ0n) is 9.05.